The van der Waals surface area contributed by atoms with Crippen LogP contribution in [0, 0.1) is 5.41 Å². The van der Waals surface area contributed by atoms with Crippen molar-refractivity contribution >= 4 is 11.6 Å². The minimum atomic E-state index is 0.121. The lowest BCUT2D eigenvalue weighted by molar-refractivity contribution is -0.0646. The van der Waals surface area contributed by atoms with Crippen molar-refractivity contribution in [2.75, 3.05) is 6.61 Å². The summed E-state index contributed by atoms with van der Waals surface area (Å²) in [7, 11) is 0. The van der Waals surface area contributed by atoms with Gasteiger partial charge in [0.1, 0.15) is 0 Å². The largest absolute Gasteiger partial charge is 0.396 e. The number of rotatable bonds is 2. The molecule has 58 valence electrons. The van der Waals surface area contributed by atoms with E-state index < -0.39 is 0 Å². The Morgan fingerprint density at radius 1 is 1.20 bits per heavy atom. The summed E-state index contributed by atoms with van der Waals surface area (Å²) in [6.07, 6.45) is 5.77. The van der Waals surface area contributed by atoms with E-state index in [0.717, 1.165) is 6.42 Å². The van der Waals surface area contributed by atoms with Gasteiger partial charge < -0.3 is 5.11 Å². The van der Waals surface area contributed by atoms with Crippen molar-refractivity contribution in [1.82, 2.24) is 0 Å². The first-order valence-corrected chi connectivity index (χ1v) is 4.40. The van der Waals surface area contributed by atoms with Gasteiger partial charge in [-0.25, -0.2) is 0 Å². The molecule has 2 aliphatic carbocycles. The van der Waals surface area contributed by atoms with Gasteiger partial charge in [-0.1, -0.05) is 0 Å². The average molecular weight is 161 g/mol. The molecule has 0 aromatic carbocycles. The summed E-state index contributed by atoms with van der Waals surface area (Å²) in [6, 6.07) is 0. The first-order valence-electron chi connectivity index (χ1n) is 4.02. The maximum atomic E-state index is 8.77. The molecular formula is C8H13ClO. The van der Waals surface area contributed by atoms with Crippen LogP contribution in [0.15, 0.2) is 0 Å². The summed E-state index contributed by atoms with van der Waals surface area (Å²) in [5, 5.41) is 8.77. The molecule has 0 unspecified atom stereocenters. The van der Waals surface area contributed by atoms with Crippen molar-refractivity contribution in [1.29, 1.82) is 0 Å². The van der Waals surface area contributed by atoms with Gasteiger partial charge in [0.2, 0.25) is 0 Å². The number of fused-ring (bicyclic) bond motifs is 1. The highest BCUT2D eigenvalue weighted by atomic mass is 35.5. The normalized spacial score (nSPS) is 51.0. The molecule has 0 aromatic heterocycles. The quantitative estimate of drug-likeness (QED) is 0.612. The highest BCUT2D eigenvalue weighted by Crippen LogP contribution is 2.69. The van der Waals surface area contributed by atoms with E-state index in [4.69, 9.17) is 16.7 Å². The SMILES string of the molecule is OCCC12CCC1(Cl)CC2. The van der Waals surface area contributed by atoms with Crippen molar-refractivity contribution in [2.24, 2.45) is 5.41 Å². The molecule has 2 aliphatic rings. The van der Waals surface area contributed by atoms with Gasteiger partial charge in [-0.3, -0.25) is 0 Å². The second-order valence-corrected chi connectivity index (χ2v) is 4.44. The molecule has 10 heavy (non-hydrogen) atoms. The third kappa shape index (κ3) is 0.584. The first kappa shape index (κ1) is 6.93. The summed E-state index contributed by atoms with van der Waals surface area (Å²) >= 11 is 6.27. The molecule has 0 amide bonds. The molecular weight excluding hydrogens is 148 g/mol. The van der Waals surface area contributed by atoms with Gasteiger partial charge in [-0.2, -0.15) is 0 Å². The van der Waals surface area contributed by atoms with Gasteiger partial charge in [0, 0.05) is 6.61 Å². The second-order valence-electron chi connectivity index (χ2n) is 3.72. The molecule has 0 bridgehead atoms. The zero-order valence-corrected chi connectivity index (χ0v) is 6.82. The number of hydrogen-bond donors (Lipinski definition) is 1. The molecule has 0 heterocycles. The molecule has 0 aromatic rings. The lowest BCUT2D eigenvalue weighted by atomic mass is 9.46. The fourth-order valence-corrected chi connectivity index (χ4v) is 2.91. The number of halogens is 1. The van der Waals surface area contributed by atoms with Crippen LogP contribution < -0.4 is 0 Å². The molecule has 2 rings (SSSR count). The van der Waals surface area contributed by atoms with E-state index in [2.05, 4.69) is 0 Å². The van der Waals surface area contributed by atoms with E-state index in [9.17, 15) is 0 Å². The highest BCUT2D eigenvalue weighted by molar-refractivity contribution is 6.25. The molecule has 2 heteroatoms. The third-order valence-corrected chi connectivity index (χ3v) is 4.32. The monoisotopic (exact) mass is 160 g/mol. The second kappa shape index (κ2) is 1.89. The summed E-state index contributed by atoms with van der Waals surface area (Å²) in [5.74, 6) is 0. The van der Waals surface area contributed by atoms with Crippen LogP contribution in [0.2, 0.25) is 0 Å². The van der Waals surface area contributed by atoms with Crippen LogP contribution in [0.4, 0.5) is 0 Å². The predicted octanol–water partition coefficient (Wildman–Crippen LogP) is 1.92. The van der Waals surface area contributed by atoms with Gasteiger partial charge in [0.05, 0.1) is 4.87 Å². The topological polar surface area (TPSA) is 20.2 Å². The van der Waals surface area contributed by atoms with Crippen LogP contribution in [0.5, 0.6) is 0 Å². The van der Waals surface area contributed by atoms with Crippen LogP contribution in [-0.4, -0.2) is 16.6 Å². The zero-order chi connectivity index (χ0) is 7.24. The van der Waals surface area contributed by atoms with E-state index in [1.165, 1.54) is 25.7 Å². The van der Waals surface area contributed by atoms with Crippen LogP contribution in [-0.2, 0) is 0 Å². The van der Waals surface area contributed by atoms with Crippen molar-refractivity contribution in [3.8, 4) is 0 Å². The van der Waals surface area contributed by atoms with Crippen LogP contribution in [0.3, 0.4) is 0 Å². The van der Waals surface area contributed by atoms with Gasteiger partial charge in [0.25, 0.3) is 0 Å². The Labute approximate surface area is 66.4 Å². The molecule has 0 aliphatic heterocycles. The maximum Gasteiger partial charge on any atom is 0.0504 e. The fourth-order valence-electron chi connectivity index (χ4n) is 2.44. The van der Waals surface area contributed by atoms with Crippen molar-refractivity contribution in [3.05, 3.63) is 0 Å². The molecule has 0 radical (unpaired) electrons. The maximum absolute atomic E-state index is 8.77. The Bertz CT molecular complexity index is 147. The summed E-state index contributed by atoms with van der Waals surface area (Å²) in [5.41, 5.74) is 0.364. The number of aliphatic hydroxyl groups is 1. The van der Waals surface area contributed by atoms with Crippen LogP contribution in [0.25, 0.3) is 0 Å². The number of hydrogen-bond acceptors (Lipinski definition) is 1. The molecule has 0 spiro atoms. The van der Waals surface area contributed by atoms with E-state index >= 15 is 0 Å². The van der Waals surface area contributed by atoms with Gasteiger partial charge in [-0.05, 0) is 37.5 Å². The molecule has 2 saturated carbocycles. The lowest BCUT2D eigenvalue weighted by Crippen LogP contribution is -2.61. The standard InChI is InChI=1S/C8H13ClO/c9-8-3-1-7(8,2-4-8)5-6-10/h10H,1-6H2. The molecule has 0 atom stereocenters. The predicted molar refractivity (Wildman–Crippen MR) is 41.2 cm³/mol. The van der Waals surface area contributed by atoms with Gasteiger partial charge in [-0.15, -0.1) is 11.6 Å². The van der Waals surface area contributed by atoms with E-state index in [0.29, 0.717) is 12.0 Å². The van der Waals surface area contributed by atoms with Crippen molar-refractivity contribution in [2.45, 2.75) is 37.0 Å². The Morgan fingerprint density at radius 2 is 1.80 bits per heavy atom. The Kier molecular flexibility index (Phi) is 1.31. The van der Waals surface area contributed by atoms with Crippen LogP contribution in [0.1, 0.15) is 32.1 Å². The molecule has 0 saturated heterocycles. The average Bonchev–Trinajstić information content (AvgIpc) is 1.96. The van der Waals surface area contributed by atoms with Crippen molar-refractivity contribution in [3.63, 3.8) is 0 Å². The number of alkyl halides is 1. The third-order valence-electron chi connectivity index (χ3n) is 3.54. The smallest absolute Gasteiger partial charge is 0.0504 e. The minimum Gasteiger partial charge on any atom is -0.396 e. The zero-order valence-electron chi connectivity index (χ0n) is 6.07. The Hall–Kier alpha value is 0.250. The summed E-state index contributed by atoms with van der Waals surface area (Å²) in [4.78, 5) is 0.121. The Morgan fingerprint density at radius 3 is 1.90 bits per heavy atom. The van der Waals surface area contributed by atoms with E-state index in [-0.39, 0.29) is 4.87 Å². The molecule has 2 fully saturated rings. The lowest BCUT2D eigenvalue weighted by Gasteiger charge is -2.65. The van der Waals surface area contributed by atoms with Gasteiger partial charge >= 0.3 is 0 Å². The fraction of sp³-hybridized carbons (Fsp3) is 1.00. The Balaban J connectivity index is 2.04. The van der Waals surface area contributed by atoms with E-state index in [1.54, 1.807) is 0 Å². The molecule has 1 nitrogen and oxygen atoms in total. The van der Waals surface area contributed by atoms with Crippen LogP contribution >= 0.6 is 11.6 Å². The first-order chi connectivity index (χ1) is 4.72. The minimum absolute atomic E-state index is 0.121. The van der Waals surface area contributed by atoms with Gasteiger partial charge in [0.15, 0.2) is 0 Å². The van der Waals surface area contributed by atoms with E-state index in [1.807, 2.05) is 0 Å². The summed E-state index contributed by atoms with van der Waals surface area (Å²) in [6.45, 7) is 0.314. The molecule has 1 N–H and O–H groups in total. The summed E-state index contributed by atoms with van der Waals surface area (Å²) < 4.78 is 0. The highest BCUT2D eigenvalue weighted by Gasteiger charge is 2.63. The number of aliphatic hydroxyl groups excluding tert-OH is 1. The van der Waals surface area contributed by atoms with Crippen molar-refractivity contribution < 1.29 is 5.11 Å².